The Balaban J connectivity index is 3.04. The quantitative estimate of drug-likeness (QED) is 0.550. The molecular formula is C10H9ClN3. The second-order valence-electron chi connectivity index (χ2n) is 2.90. The number of hydrogen-bond donors (Lipinski definition) is 0. The summed E-state index contributed by atoms with van der Waals surface area (Å²) in [5.41, 5.74) is 1.03. The van der Waals surface area contributed by atoms with Crippen molar-refractivity contribution in [3.63, 3.8) is 0 Å². The molecule has 3 nitrogen and oxygen atoms in total. The van der Waals surface area contributed by atoms with Crippen LogP contribution in [0, 0.1) is 17.4 Å². The first-order valence-electron chi connectivity index (χ1n) is 3.95. The molecule has 1 aromatic carbocycles. The fraction of sp³-hybridized carbons (Fsp3) is 0.200. The third kappa shape index (κ3) is 2.75. The SMILES string of the molecule is CN(C)/C=N/c1c[c]c(Cl)cc1C#N. The first-order chi connectivity index (χ1) is 6.63. The van der Waals surface area contributed by atoms with Gasteiger partial charge in [-0.3, -0.25) is 0 Å². The number of rotatable bonds is 2. The van der Waals surface area contributed by atoms with E-state index in [-0.39, 0.29) is 0 Å². The van der Waals surface area contributed by atoms with Crippen LogP contribution in [0.2, 0.25) is 5.02 Å². The number of nitrogens with zero attached hydrogens (tertiary/aromatic N) is 3. The fourth-order valence-corrected chi connectivity index (χ4v) is 0.995. The van der Waals surface area contributed by atoms with Gasteiger partial charge in [0.2, 0.25) is 0 Å². The van der Waals surface area contributed by atoms with Gasteiger partial charge in [0.05, 0.1) is 17.6 Å². The lowest BCUT2D eigenvalue weighted by molar-refractivity contribution is 0.643. The maximum atomic E-state index is 8.80. The molecule has 0 saturated carbocycles. The van der Waals surface area contributed by atoms with Crippen LogP contribution in [0.4, 0.5) is 5.69 Å². The summed E-state index contributed by atoms with van der Waals surface area (Å²) >= 11 is 5.69. The summed E-state index contributed by atoms with van der Waals surface area (Å²) in [4.78, 5) is 5.89. The molecule has 1 radical (unpaired) electrons. The molecule has 0 aliphatic carbocycles. The fourth-order valence-electron chi connectivity index (χ4n) is 0.831. The van der Waals surface area contributed by atoms with E-state index in [0.717, 1.165) is 0 Å². The van der Waals surface area contributed by atoms with Gasteiger partial charge in [0.15, 0.2) is 0 Å². The maximum Gasteiger partial charge on any atom is 0.101 e. The molecule has 0 aromatic heterocycles. The molecule has 0 bridgehead atoms. The van der Waals surface area contributed by atoms with Crippen LogP contribution in [0.15, 0.2) is 17.1 Å². The molecule has 0 atom stereocenters. The van der Waals surface area contributed by atoms with Gasteiger partial charge in [0.1, 0.15) is 6.07 Å². The topological polar surface area (TPSA) is 39.4 Å². The van der Waals surface area contributed by atoms with Gasteiger partial charge in [0, 0.05) is 25.2 Å². The highest BCUT2D eigenvalue weighted by atomic mass is 35.5. The lowest BCUT2D eigenvalue weighted by Crippen LogP contribution is -2.07. The third-order valence-electron chi connectivity index (χ3n) is 1.44. The lowest BCUT2D eigenvalue weighted by atomic mass is 10.2. The van der Waals surface area contributed by atoms with E-state index in [1.807, 2.05) is 20.2 Å². The number of nitriles is 1. The molecule has 14 heavy (non-hydrogen) atoms. The second kappa shape index (κ2) is 4.64. The molecule has 0 spiro atoms. The zero-order valence-corrected chi connectivity index (χ0v) is 8.71. The van der Waals surface area contributed by atoms with E-state index in [1.165, 1.54) is 0 Å². The molecule has 0 saturated heterocycles. The Morgan fingerprint density at radius 1 is 1.64 bits per heavy atom. The van der Waals surface area contributed by atoms with E-state index < -0.39 is 0 Å². The summed E-state index contributed by atoms with van der Waals surface area (Å²) in [5, 5.41) is 9.22. The van der Waals surface area contributed by atoms with Gasteiger partial charge in [-0.25, -0.2) is 4.99 Å². The molecule has 0 unspecified atom stereocenters. The summed E-state index contributed by atoms with van der Waals surface area (Å²) in [7, 11) is 3.71. The minimum absolute atomic E-state index is 0.422. The number of halogens is 1. The van der Waals surface area contributed by atoms with Crippen molar-refractivity contribution in [1.29, 1.82) is 5.26 Å². The smallest absolute Gasteiger partial charge is 0.101 e. The van der Waals surface area contributed by atoms with Gasteiger partial charge in [-0.1, -0.05) is 11.6 Å². The monoisotopic (exact) mass is 206 g/mol. The molecule has 1 rings (SSSR count). The standard InChI is InChI=1S/C10H9ClN3/c1-14(2)7-13-10-4-3-9(11)5-8(10)6-12/h4-5,7H,1-2H3/b13-7+. The Hall–Kier alpha value is -1.53. The van der Waals surface area contributed by atoms with E-state index in [4.69, 9.17) is 16.9 Å². The van der Waals surface area contributed by atoms with E-state index in [9.17, 15) is 0 Å². The minimum atomic E-state index is 0.422. The number of benzene rings is 1. The van der Waals surface area contributed by atoms with Gasteiger partial charge in [0.25, 0.3) is 0 Å². The predicted molar refractivity (Wildman–Crippen MR) is 56.8 cm³/mol. The van der Waals surface area contributed by atoms with E-state index >= 15 is 0 Å². The van der Waals surface area contributed by atoms with Gasteiger partial charge < -0.3 is 4.90 Å². The van der Waals surface area contributed by atoms with E-state index in [2.05, 4.69) is 11.1 Å². The molecule has 0 N–H and O–H groups in total. The number of aliphatic imine (C=N–C) groups is 1. The third-order valence-corrected chi connectivity index (χ3v) is 1.66. The normalized spacial score (nSPS) is 10.1. The van der Waals surface area contributed by atoms with Crippen molar-refractivity contribution in [3.05, 3.63) is 28.8 Å². The lowest BCUT2D eigenvalue weighted by Gasteiger charge is -2.03. The molecule has 0 fully saturated rings. The Kier molecular flexibility index (Phi) is 3.49. The van der Waals surface area contributed by atoms with Crippen LogP contribution < -0.4 is 0 Å². The Labute approximate surface area is 88.2 Å². The van der Waals surface area contributed by atoms with Crippen LogP contribution in [0.25, 0.3) is 0 Å². The molecule has 0 aliphatic rings. The van der Waals surface area contributed by atoms with Crippen LogP contribution in [-0.2, 0) is 0 Å². The first-order valence-corrected chi connectivity index (χ1v) is 4.33. The van der Waals surface area contributed by atoms with Crippen molar-refractivity contribution in [2.75, 3.05) is 14.1 Å². The van der Waals surface area contributed by atoms with Crippen molar-refractivity contribution in [1.82, 2.24) is 4.90 Å². The van der Waals surface area contributed by atoms with Gasteiger partial charge in [-0.2, -0.15) is 5.26 Å². The summed E-state index contributed by atoms with van der Waals surface area (Å²) in [6.07, 6.45) is 1.62. The van der Waals surface area contributed by atoms with Crippen molar-refractivity contribution in [2.45, 2.75) is 0 Å². The highest BCUT2D eigenvalue weighted by Crippen LogP contribution is 2.21. The Morgan fingerprint density at radius 2 is 2.36 bits per heavy atom. The zero-order valence-electron chi connectivity index (χ0n) is 7.95. The highest BCUT2D eigenvalue weighted by Gasteiger charge is 2.00. The summed E-state index contributed by atoms with van der Waals surface area (Å²) in [6, 6.07) is 7.95. The summed E-state index contributed by atoms with van der Waals surface area (Å²) < 4.78 is 0. The number of hydrogen-bond acceptors (Lipinski definition) is 2. The van der Waals surface area contributed by atoms with Crippen molar-refractivity contribution < 1.29 is 0 Å². The maximum absolute atomic E-state index is 8.80. The van der Waals surface area contributed by atoms with Crippen molar-refractivity contribution in [2.24, 2.45) is 4.99 Å². The summed E-state index contributed by atoms with van der Waals surface area (Å²) in [6.45, 7) is 0. The second-order valence-corrected chi connectivity index (χ2v) is 3.31. The van der Waals surface area contributed by atoms with E-state index in [1.54, 1.807) is 23.4 Å². The van der Waals surface area contributed by atoms with Crippen LogP contribution in [0.1, 0.15) is 5.56 Å². The van der Waals surface area contributed by atoms with E-state index in [0.29, 0.717) is 16.3 Å². The molecule has 71 valence electrons. The largest absolute Gasteiger partial charge is 0.369 e. The summed E-state index contributed by atoms with van der Waals surface area (Å²) in [5.74, 6) is 0. The van der Waals surface area contributed by atoms with Crippen LogP contribution in [0.3, 0.4) is 0 Å². The van der Waals surface area contributed by atoms with Crippen LogP contribution in [0.5, 0.6) is 0 Å². The first kappa shape index (κ1) is 10.6. The van der Waals surface area contributed by atoms with Crippen molar-refractivity contribution >= 4 is 23.6 Å². The molecule has 1 aromatic rings. The zero-order chi connectivity index (χ0) is 10.6. The van der Waals surface area contributed by atoms with Gasteiger partial charge >= 0.3 is 0 Å². The minimum Gasteiger partial charge on any atom is -0.369 e. The average Bonchev–Trinajstić information content (AvgIpc) is 2.15. The van der Waals surface area contributed by atoms with Gasteiger partial charge in [-0.15, -0.1) is 0 Å². The average molecular weight is 207 g/mol. The Bertz CT molecular complexity index is 391. The predicted octanol–water partition coefficient (Wildman–Crippen LogP) is 2.23. The highest BCUT2D eigenvalue weighted by molar-refractivity contribution is 6.30. The molecular weight excluding hydrogens is 198 g/mol. The van der Waals surface area contributed by atoms with Crippen LogP contribution >= 0.6 is 11.6 Å². The molecule has 0 aliphatic heterocycles. The van der Waals surface area contributed by atoms with Crippen molar-refractivity contribution in [3.8, 4) is 6.07 Å². The van der Waals surface area contributed by atoms with Gasteiger partial charge in [-0.05, 0) is 12.1 Å². The van der Waals surface area contributed by atoms with Crippen LogP contribution in [-0.4, -0.2) is 25.3 Å². The molecule has 0 amide bonds. The molecule has 4 heteroatoms. The molecule has 0 heterocycles. The Morgan fingerprint density at radius 3 is 2.93 bits per heavy atom.